The molecule has 3 nitrogen and oxygen atoms in total. The summed E-state index contributed by atoms with van der Waals surface area (Å²) in [7, 11) is 0. The van der Waals surface area contributed by atoms with Crippen LogP contribution in [-0.4, -0.2) is 33.7 Å². The zero-order valence-corrected chi connectivity index (χ0v) is 10.4. The highest BCUT2D eigenvalue weighted by atomic mass is 32.2. The van der Waals surface area contributed by atoms with Gasteiger partial charge in [-0.1, -0.05) is 11.8 Å². The molecule has 0 spiro atoms. The lowest BCUT2D eigenvalue weighted by atomic mass is 10.0. The largest absolute Gasteiger partial charge is 0.479 e. The van der Waals surface area contributed by atoms with Gasteiger partial charge in [0.2, 0.25) is 4.38 Å². The maximum Gasteiger partial charge on any atom is 0.220 e. The van der Waals surface area contributed by atoms with Gasteiger partial charge in [-0.15, -0.1) is 0 Å². The number of hydrogen-bond donors (Lipinski definition) is 1. The number of aliphatic hydroxyl groups excluding tert-OH is 1. The maximum absolute atomic E-state index is 11.4. The van der Waals surface area contributed by atoms with Crippen LogP contribution in [-0.2, 0) is 9.53 Å². The molecule has 1 fully saturated rings. The second-order valence-corrected chi connectivity index (χ2v) is 5.15. The van der Waals surface area contributed by atoms with Gasteiger partial charge in [-0.3, -0.25) is 4.79 Å². The van der Waals surface area contributed by atoms with E-state index in [0.29, 0.717) is 23.2 Å². The van der Waals surface area contributed by atoms with E-state index in [1.54, 1.807) is 0 Å². The van der Waals surface area contributed by atoms with Gasteiger partial charge < -0.3 is 9.84 Å². The van der Waals surface area contributed by atoms with Crippen molar-refractivity contribution >= 4 is 34.1 Å². The molecule has 1 aliphatic carbocycles. The highest BCUT2D eigenvalue weighted by Crippen LogP contribution is 2.26. The summed E-state index contributed by atoms with van der Waals surface area (Å²) in [5, 5.41) is 9.78. The number of Topliss-reactive ketones (excluding diaryl/α,β-unsaturated/α-hetero) is 1. The van der Waals surface area contributed by atoms with E-state index in [0.717, 1.165) is 12.8 Å². The van der Waals surface area contributed by atoms with E-state index in [1.807, 2.05) is 6.92 Å². The van der Waals surface area contributed by atoms with Crippen LogP contribution in [0.2, 0.25) is 0 Å². The van der Waals surface area contributed by atoms with Crippen molar-refractivity contribution in [1.82, 2.24) is 0 Å². The molecule has 1 aliphatic rings. The molecule has 0 aromatic carbocycles. The summed E-state index contributed by atoms with van der Waals surface area (Å²) in [5.74, 6) is 0.460. The number of carbonyl (C=O) groups excluding carboxylic acids is 1. The van der Waals surface area contributed by atoms with E-state index in [1.165, 1.54) is 11.8 Å². The Balaban J connectivity index is 2.26. The summed E-state index contributed by atoms with van der Waals surface area (Å²) < 4.78 is 5.53. The highest BCUT2D eigenvalue weighted by molar-refractivity contribution is 8.22. The predicted molar refractivity (Wildman–Crippen MR) is 65.0 cm³/mol. The zero-order valence-electron chi connectivity index (χ0n) is 8.77. The molecular weight excluding hydrogens is 232 g/mol. The molecule has 5 heteroatoms. The van der Waals surface area contributed by atoms with Crippen LogP contribution in [0.15, 0.2) is 0 Å². The van der Waals surface area contributed by atoms with Crippen molar-refractivity contribution in [3.8, 4) is 0 Å². The van der Waals surface area contributed by atoms with Gasteiger partial charge in [0.15, 0.2) is 0 Å². The number of aliphatic hydroxyl groups is 1. The number of ether oxygens (including phenoxy) is 1. The summed E-state index contributed by atoms with van der Waals surface area (Å²) in [5.41, 5.74) is 0. The minimum Gasteiger partial charge on any atom is -0.479 e. The number of thioether (sulfide) groups is 1. The first-order chi connectivity index (χ1) is 7.15. The van der Waals surface area contributed by atoms with Crippen molar-refractivity contribution in [2.24, 2.45) is 5.92 Å². The smallest absolute Gasteiger partial charge is 0.220 e. The number of thiocarbonyl (C=S) groups is 1. The zero-order chi connectivity index (χ0) is 11.3. The van der Waals surface area contributed by atoms with Crippen LogP contribution >= 0.6 is 24.0 Å². The summed E-state index contributed by atoms with van der Waals surface area (Å²) in [6.45, 7) is 2.41. The number of carbonyl (C=O) groups is 1. The van der Waals surface area contributed by atoms with Gasteiger partial charge in [-0.05, 0) is 32.0 Å². The standard InChI is InChI=1S/C10H16O3S2/c1-2-13-10(14)15-6-9(12)7-4-3-5-8(7)11/h7,9,12H,2-6H2,1H3. The molecule has 0 amide bonds. The number of hydrogen-bond acceptors (Lipinski definition) is 5. The van der Waals surface area contributed by atoms with Gasteiger partial charge in [-0.25, -0.2) is 0 Å². The Morgan fingerprint density at radius 2 is 2.53 bits per heavy atom. The Morgan fingerprint density at radius 3 is 3.07 bits per heavy atom. The van der Waals surface area contributed by atoms with Gasteiger partial charge in [0, 0.05) is 18.1 Å². The Labute approximate surface area is 99.6 Å². The van der Waals surface area contributed by atoms with Crippen molar-refractivity contribution in [2.75, 3.05) is 12.4 Å². The third kappa shape index (κ3) is 4.09. The summed E-state index contributed by atoms with van der Waals surface area (Å²) in [4.78, 5) is 11.4. The minimum absolute atomic E-state index is 0.179. The van der Waals surface area contributed by atoms with Crippen LogP contribution in [0.3, 0.4) is 0 Å². The second-order valence-electron chi connectivity index (χ2n) is 3.53. The first-order valence-electron chi connectivity index (χ1n) is 5.15. The molecule has 1 saturated carbocycles. The van der Waals surface area contributed by atoms with Crippen LogP contribution < -0.4 is 0 Å². The van der Waals surface area contributed by atoms with E-state index in [-0.39, 0.29) is 11.7 Å². The highest BCUT2D eigenvalue weighted by Gasteiger charge is 2.30. The van der Waals surface area contributed by atoms with Crippen LogP contribution in [0.25, 0.3) is 0 Å². The molecule has 0 saturated heterocycles. The van der Waals surface area contributed by atoms with Crippen LogP contribution in [0.5, 0.6) is 0 Å². The predicted octanol–water partition coefficient (Wildman–Crippen LogP) is 1.77. The van der Waals surface area contributed by atoms with Crippen LogP contribution in [0, 0.1) is 5.92 Å². The molecule has 0 radical (unpaired) electrons. The second kappa shape index (κ2) is 6.45. The molecule has 0 aromatic heterocycles. The lowest BCUT2D eigenvalue weighted by Gasteiger charge is -2.15. The fraction of sp³-hybridized carbons (Fsp3) is 0.800. The molecule has 0 aromatic rings. The van der Waals surface area contributed by atoms with E-state index < -0.39 is 6.10 Å². The first kappa shape index (κ1) is 12.9. The molecule has 1 rings (SSSR count). The summed E-state index contributed by atoms with van der Waals surface area (Å²) in [6, 6.07) is 0. The van der Waals surface area contributed by atoms with E-state index in [9.17, 15) is 9.90 Å². The lowest BCUT2D eigenvalue weighted by molar-refractivity contribution is -0.123. The molecule has 0 heterocycles. The molecule has 86 valence electrons. The molecule has 0 aliphatic heterocycles. The number of ketones is 1. The summed E-state index contributed by atoms with van der Waals surface area (Å²) in [6.07, 6.45) is 1.74. The molecular formula is C10H16O3S2. The lowest BCUT2D eigenvalue weighted by Crippen LogP contribution is -2.26. The molecule has 1 N–H and O–H groups in total. The van der Waals surface area contributed by atoms with Crippen molar-refractivity contribution in [3.05, 3.63) is 0 Å². The van der Waals surface area contributed by atoms with E-state index in [4.69, 9.17) is 17.0 Å². The average Bonchev–Trinajstić information content (AvgIpc) is 2.61. The average molecular weight is 248 g/mol. The monoisotopic (exact) mass is 248 g/mol. The Morgan fingerprint density at radius 1 is 1.80 bits per heavy atom. The fourth-order valence-electron chi connectivity index (χ4n) is 1.68. The fourth-order valence-corrected chi connectivity index (χ4v) is 2.74. The topological polar surface area (TPSA) is 46.5 Å². The molecule has 0 bridgehead atoms. The Hall–Kier alpha value is -0.130. The van der Waals surface area contributed by atoms with Gasteiger partial charge >= 0.3 is 0 Å². The molecule has 2 unspecified atom stereocenters. The normalized spacial score (nSPS) is 22.8. The Kier molecular flexibility index (Phi) is 5.56. The Bertz CT molecular complexity index is 243. The van der Waals surface area contributed by atoms with Crippen molar-refractivity contribution in [1.29, 1.82) is 0 Å². The van der Waals surface area contributed by atoms with Crippen LogP contribution in [0.1, 0.15) is 26.2 Å². The van der Waals surface area contributed by atoms with Crippen molar-refractivity contribution < 1.29 is 14.6 Å². The van der Waals surface area contributed by atoms with E-state index in [2.05, 4.69) is 0 Å². The van der Waals surface area contributed by atoms with Crippen LogP contribution in [0.4, 0.5) is 0 Å². The molecule has 2 atom stereocenters. The quantitative estimate of drug-likeness (QED) is 0.768. The van der Waals surface area contributed by atoms with Crippen molar-refractivity contribution in [3.63, 3.8) is 0 Å². The molecule has 15 heavy (non-hydrogen) atoms. The number of rotatable bonds is 4. The SMILES string of the molecule is CCOC(=S)SCC(O)C1CCCC1=O. The van der Waals surface area contributed by atoms with Gasteiger partial charge in [0.05, 0.1) is 12.7 Å². The first-order valence-corrected chi connectivity index (χ1v) is 6.55. The van der Waals surface area contributed by atoms with Crippen molar-refractivity contribution in [2.45, 2.75) is 32.3 Å². The van der Waals surface area contributed by atoms with Gasteiger partial charge in [0.1, 0.15) is 5.78 Å². The third-order valence-electron chi connectivity index (χ3n) is 2.45. The minimum atomic E-state index is -0.580. The van der Waals surface area contributed by atoms with E-state index >= 15 is 0 Å². The van der Waals surface area contributed by atoms with Gasteiger partial charge in [0.25, 0.3) is 0 Å². The maximum atomic E-state index is 11.4. The third-order valence-corrected chi connectivity index (χ3v) is 3.78. The summed E-state index contributed by atoms with van der Waals surface area (Å²) >= 11 is 6.23. The van der Waals surface area contributed by atoms with Gasteiger partial charge in [-0.2, -0.15) is 0 Å².